The first-order chi connectivity index (χ1) is 11.0. The Bertz CT molecular complexity index is 268. The maximum absolute atomic E-state index is 11.6. The molecule has 138 valence electrons. The van der Waals surface area contributed by atoms with Gasteiger partial charge in [-0.05, 0) is 33.2 Å². The average molecular weight is 329 g/mol. The van der Waals surface area contributed by atoms with Gasteiger partial charge in [-0.25, -0.2) is 0 Å². The molecule has 0 heterocycles. The molecule has 0 unspecified atom stereocenters. The van der Waals surface area contributed by atoms with Crippen LogP contribution in [0.4, 0.5) is 0 Å². The van der Waals surface area contributed by atoms with Gasteiger partial charge in [-0.3, -0.25) is 4.79 Å². The second kappa shape index (κ2) is 16.3. The molecule has 4 nitrogen and oxygen atoms in total. The summed E-state index contributed by atoms with van der Waals surface area (Å²) in [6, 6.07) is 0.606. The zero-order valence-electron chi connectivity index (χ0n) is 16.0. The molecule has 0 aromatic rings. The Hall–Kier alpha value is -0.610. The first-order valence-corrected chi connectivity index (χ1v) is 9.64. The second-order valence-corrected chi connectivity index (χ2v) is 6.96. The summed E-state index contributed by atoms with van der Waals surface area (Å²) in [5.41, 5.74) is 0. The molecule has 0 aliphatic heterocycles. The van der Waals surface area contributed by atoms with E-state index in [0.717, 1.165) is 13.0 Å². The number of carbonyl (C=O) groups is 1. The summed E-state index contributed by atoms with van der Waals surface area (Å²) in [7, 11) is 0. The quantitative estimate of drug-likeness (QED) is 0.420. The van der Waals surface area contributed by atoms with Crippen molar-refractivity contribution in [3.63, 3.8) is 0 Å². The minimum atomic E-state index is 0.162. The fourth-order valence-corrected chi connectivity index (χ4v) is 2.44. The third-order valence-corrected chi connectivity index (χ3v) is 3.76. The minimum absolute atomic E-state index is 0.162. The molecule has 0 aromatic heterocycles. The lowest BCUT2D eigenvalue weighted by atomic mass is 10.1. The van der Waals surface area contributed by atoms with Gasteiger partial charge in [0.1, 0.15) is 0 Å². The number of rotatable bonds is 16. The summed E-state index contributed by atoms with van der Waals surface area (Å²) in [5, 5.41) is 6.36. The van der Waals surface area contributed by atoms with E-state index in [0.29, 0.717) is 25.6 Å². The van der Waals surface area contributed by atoms with Gasteiger partial charge < -0.3 is 15.4 Å². The highest BCUT2D eigenvalue weighted by Gasteiger charge is 2.01. The van der Waals surface area contributed by atoms with Crippen LogP contribution in [-0.2, 0) is 9.53 Å². The summed E-state index contributed by atoms with van der Waals surface area (Å²) in [6.45, 7) is 10.8. The predicted octanol–water partition coefficient (Wildman–Crippen LogP) is 4.04. The molecule has 0 radical (unpaired) electrons. The smallest absolute Gasteiger partial charge is 0.220 e. The van der Waals surface area contributed by atoms with Gasteiger partial charge in [-0.1, -0.05) is 52.4 Å². The molecule has 1 amide bonds. The van der Waals surface area contributed by atoms with E-state index < -0.39 is 0 Å². The van der Waals surface area contributed by atoms with Crippen LogP contribution in [0.1, 0.15) is 85.5 Å². The molecule has 0 saturated carbocycles. The first-order valence-electron chi connectivity index (χ1n) is 9.64. The van der Waals surface area contributed by atoms with Crippen LogP contribution in [0.3, 0.4) is 0 Å². The van der Waals surface area contributed by atoms with Crippen LogP contribution in [0, 0.1) is 0 Å². The second-order valence-electron chi connectivity index (χ2n) is 6.96. The Kier molecular flexibility index (Phi) is 15.8. The highest BCUT2D eigenvalue weighted by Crippen LogP contribution is 2.09. The van der Waals surface area contributed by atoms with Gasteiger partial charge in [0.2, 0.25) is 5.91 Å². The van der Waals surface area contributed by atoms with Crippen molar-refractivity contribution in [2.24, 2.45) is 0 Å². The number of unbranched alkanes of at least 4 members (excludes halogenated alkanes) is 7. The average Bonchev–Trinajstić information content (AvgIpc) is 2.48. The minimum Gasteiger partial charge on any atom is -0.377 e. The predicted molar refractivity (Wildman–Crippen MR) is 98.8 cm³/mol. The van der Waals surface area contributed by atoms with E-state index >= 15 is 0 Å². The van der Waals surface area contributed by atoms with E-state index in [9.17, 15) is 4.79 Å². The van der Waals surface area contributed by atoms with Gasteiger partial charge in [0, 0.05) is 19.0 Å². The van der Waals surface area contributed by atoms with Crippen molar-refractivity contribution >= 4 is 5.91 Å². The maximum Gasteiger partial charge on any atom is 0.220 e. The van der Waals surface area contributed by atoms with Crippen LogP contribution >= 0.6 is 0 Å². The van der Waals surface area contributed by atoms with Gasteiger partial charge in [0.05, 0.1) is 12.7 Å². The van der Waals surface area contributed by atoms with E-state index in [2.05, 4.69) is 24.5 Å². The number of ether oxygens (including phenoxy) is 1. The van der Waals surface area contributed by atoms with Crippen molar-refractivity contribution in [2.75, 3.05) is 19.7 Å². The van der Waals surface area contributed by atoms with Gasteiger partial charge in [0.25, 0.3) is 0 Å². The first kappa shape index (κ1) is 22.4. The number of carbonyl (C=O) groups excluding carboxylic acids is 1. The molecule has 0 rings (SSSR count). The number of hydrogen-bond acceptors (Lipinski definition) is 3. The van der Waals surface area contributed by atoms with Crippen LogP contribution in [0.25, 0.3) is 0 Å². The van der Waals surface area contributed by atoms with E-state index in [1.807, 2.05) is 13.8 Å². The van der Waals surface area contributed by atoms with Crippen LogP contribution in [0.5, 0.6) is 0 Å². The topological polar surface area (TPSA) is 50.4 Å². The standard InChI is InChI=1S/C19H40N2O2/c1-17(2)20-14-12-10-8-6-5-7-9-11-13-19(22)21-15-16-23-18(3)4/h17-18,20H,5-16H2,1-4H3,(H,21,22). The van der Waals surface area contributed by atoms with Crippen LogP contribution in [0.15, 0.2) is 0 Å². The zero-order chi connectivity index (χ0) is 17.3. The fourth-order valence-electron chi connectivity index (χ4n) is 2.44. The molecule has 4 heteroatoms. The Labute approximate surface area is 144 Å². The van der Waals surface area contributed by atoms with Crippen molar-refractivity contribution in [3.8, 4) is 0 Å². The molecule has 0 fully saturated rings. The summed E-state index contributed by atoms with van der Waals surface area (Å²) in [4.78, 5) is 11.6. The Morgan fingerprint density at radius 3 is 1.96 bits per heavy atom. The number of nitrogens with one attached hydrogen (secondary N) is 2. The lowest BCUT2D eigenvalue weighted by Gasteiger charge is -2.08. The van der Waals surface area contributed by atoms with Crippen LogP contribution in [0.2, 0.25) is 0 Å². The molecular formula is C19H40N2O2. The Morgan fingerprint density at radius 1 is 0.826 bits per heavy atom. The molecule has 0 aliphatic carbocycles. The van der Waals surface area contributed by atoms with Gasteiger partial charge >= 0.3 is 0 Å². The molecule has 0 bridgehead atoms. The SMILES string of the molecule is CC(C)NCCCCCCCCCCC(=O)NCCOC(C)C. The Morgan fingerprint density at radius 2 is 1.39 bits per heavy atom. The van der Waals surface area contributed by atoms with Crippen LogP contribution in [-0.4, -0.2) is 37.7 Å². The lowest BCUT2D eigenvalue weighted by molar-refractivity contribution is -0.121. The molecule has 23 heavy (non-hydrogen) atoms. The highest BCUT2D eigenvalue weighted by molar-refractivity contribution is 5.75. The van der Waals surface area contributed by atoms with Crippen molar-refractivity contribution < 1.29 is 9.53 Å². The molecular weight excluding hydrogens is 288 g/mol. The Balaban J connectivity index is 3.16. The summed E-state index contributed by atoms with van der Waals surface area (Å²) >= 11 is 0. The fraction of sp³-hybridized carbons (Fsp3) is 0.947. The largest absolute Gasteiger partial charge is 0.377 e. The monoisotopic (exact) mass is 328 g/mol. The van der Waals surface area contributed by atoms with Gasteiger partial charge in [-0.15, -0.1) is 0 Å². The summed E-state index contributed by atoms with van der Waals surface area (Å²) in [6.07, 6.45) is 10.9. The van der Waals surface area contributed by atoms with Crippen molar-refractivity contribution in [3.05, 3.63) is 0 Å². The molecule has 0 aromatic carbocycles. The highest BCUT2D eigenvalue weighted by atomic mass is 16.5. The molecule has 2 N–H and O–H groups in total. The maximum atomic E-state index is 11.6. The zero-order valence-corrected chi connectivity index (χ0v) is 16.0. The van der Waals surface area contributed by atoms with Gasteiger partial charge in [0.15, 0.2) is 0 Å². The third-order valence-electron chi connectivity index (χ3n) is 3.76. The van der Waals surface area contributed by atoms with E-state index in [1.165, 1.54) is 44.9 Å². The number of hydrogen-bond donors (Lipinski definition) is 2. The van der Waals surface area contributed by atoms with E-state index in [1.54, 1.807) is 0 Å². The normalized spacial score (nSPS) is 11.4. The summed E-state index contributed by atoms with van der Waals surface area (Å²) < 4.78 is 5.39. The molecule has 0 atom stereocenters. The third kappa shape index (κ3) is 19.3. The molecule has 0 aliphatic rings. The van der Waals surface area contributed by atoms with E-state index in [-0.39, 0.29) is 12.0 Å². The van der Waals surface area contributed by atoms with Crippen molar-refractivity contribution in [2.45, 2.75) is 97.6 Å². The van der Waals surface area contributed by atoms with Crippen molar-refractivity contribution in [1.29, 1.82) is 0 Å². The van der Waals surface area contributed by atoms with Crippen LogP contribution < -0.4 is 10.6 Å². The van der Waals surface area contributed by atoms with E-state index in [4.69, 9.17) is 4.74 Å². The van der Waals surface area contributed by atoms with Crippen molar-refractivity contribution in [1.82, 2.24) is 10.6 Å². The molecule has 0 spiro atoms. The molecule has 0 saturated heterocycles. The summed E-state index contributed by atoms with van der Waals surface area (Å²) in [5.74, 6) is 0.162. The lowest BCUT2D eigenvalue weighted by Crippen LogP contribution is -2.27. The van der Waals surface area contributed by atoms with Gasteiger partial charge in [-0.2, -0.15) is 0 Å². The number of amides is 1.